The second kappa shape index (κ2) is 4.91. The zero-order chi connectivity index (χ0) is 13.1. The number of hydrogen-bond donors (Lipinski definition) is 0. The van der Waals surface area contributed by atoms with Crippen molar-refractivity contribution in [1.29, 1.82) is 0 Å². The van der Waals surface area contributed by atoms with Crippen molar-refractivity contribution in [2.24, 2.45) is 0 Å². The van der Waals surface area contributed by atoms with Crippen LogP contribution in [-0.2, 0) is 14.3 Å². The quantitative estimate of drug-likeness (QED) is 0.746. The van der Waals surface area contributed by atoms with Gasteiger partial charge in [-0.2, -0.15) is 0 Å². The third-order valence-corrected chi connectivity index (χ3v) is 2.73. The van der Waals surface area contributed by atoms with Gasteiger partial charge in [0.15, 0.2) is 0 Å². The van der Waals surface area contributed by atoms with Crippen molar-refractivity contribution in [2.45, 2.75) is 6.23 Å². The number of ether oxygens (including phenoxy) is 2. The monoisotopic (exact) mass is 247 g/mol. The first-order chi connectivity index (χ1) is 8.63. The van der Waals surface area contributed by atoms with E-state index in [9.17, 15) is 9.59 Å². The highest BCUT2D eigenvalue weighted by atomic mass is 16.7. The van der Waals surface area contributed by atoms with Gasteiger partial charge in [-0.15, -0.1) is 0 Å². The number of rotatable bonds is 2. The van der Waals surface area contributed by atoms with Crippen molar-refractivity contribution >= 4 is 17.6 Å². The molecule has 1 aromatic rings. The Morgan fingerprint density at radius 3 is 2.56 bits per heavy atom. The van der Waals surface area contributed by atoms with Crippen molar-refractivity contribution in [3.05, 3.63) is 42.0 Å². The van der Waals surface area contributed by atoms with Crippen molar-refractivity contribution in [3.63, 3.8) is 0 Å². The lowest BCUT2D eigenvalue weighted by molar-refractivity contribution is -0.129. The second-order valence-electron chi connectivity index (χ2n) is 3.84. The van der Waals surface area contributed by atoms with Gasteiger partial charge in [-0.25, -0.2) is 4.79 Å². The standard InChI is InChI=1S/C13H13NO4/c1-14-11(15)8-10(9-6-4-3-5-7-9)12(14)18-13(16)17-2/h3-8,12H,1-2H3. The second-order valence-corrected chi connectivity index (χ2v) is 3.84. The van der Waals surface area contributed by atoms with E-state index in [2.05, 4.69) is 4.74 Å². The van der Waals surface area contributed by atoms with Crippen molar-refractivity contribution < 1.29 is 19.1 Å². The van der Waals surface area contributed by atoms with Crippen LogP contribution in [0.4, 0.5) is 4.79 Å². The summed E-state index contributed by atoms with van der Waals surface area (Å²) in [5.41, 5.74) is 1.48. The molecule has 0 saturated carbocycles. The minimum Gasteiger partial charge on any atom is -0.438 e. The summed E-state index contributed by atoms with van der Waals surface area (Å²) >= 11 is 0. The Balaban J connectivity index is 2.29. The largest absolute Gasteiger partial charge is 0.510 e. The van der Waals surface area contributed by atoms with E-state index in [0.29, 0.717) is 5.57 Å². The predicted octanol–water partition coefficient (Wildman–Crippen LogP) is 1.65. The fourth-order valence-electron chi connectivity index (χ4n) is 1.77. The van der Waals surface area contributed by atoms with E-state index in [1.165, 1.54) is 18.1 Å². The molecule has 2 rings (SSSR count). The highest BCUT2D eigenvalue weighted by Gasteiger charge is 2.34. The normalized spacial score (nSPS) is 18.6. The number of amides is 1. The minimum atomic E-state index is -0.816. The molecule has 0 N–H and O–H groups in total. The zero-order valence-electron chi connectivity index (χ0n) is 10.1. The maximum atomic E-state index is 11.7. The van der Waals surface area contributed by atoms with Crippen LogP contribution in [0.2, 0.25) is 0 Å². The smallest absolute Gasteiger partial charge is 0.438 e. The molecule has 0 bridgehead atoms. The predicted molar refractivity (Wildman–Crippen MR) is 64.5 cm³/mol. The van der Waals surface area contributed by atoms with Gasteiger partial charge in [-0.1, -0.05) is 30.3 Å². The Bertz CT molecular complexity index is 495. The summed E-state index contributed by atoms with van der Waals surface area (Å²) in [5, 5.41) is 0. The molecule has 0 spiro atoms. The van der Waals surface area contributed by atoms with Gasteiger partial charge in [-0.3, -0.25) is 4.79 Å². The van der Waals surface area contributed by atoms with Gasteiger partial charge in [0.05, 0.1) is 7.11 Å². The fraction of sp³-hybridized carbons (Fsp3) is 0.231. The summed E-state index contributed by atoms with van der Waals surface area (Å²) in [6.45, 7) is 0. The van der Waals surface area contributed by atoms with Crippen LogP contribution < -0.4 is 0 Å². The Kier molecular flexibility index (Phi) is 3.32. The van der Waals surface area contributed by atoms with Crippen LogP contribution in [0.3, 0.4) is 0 Å². The van der Waals surface area contributed by atoms with Gasteiger partial charge in [0.25, 0.3) is 0 Å². The van der Waals surface area contributed by atoms with E-state index in [-0.39, 0.29) is 5.91 Å². The molecule has 1 heterocycles. The molecule has 5 nitrogen and oxygen atoms in total. The van der Waals surface area contributed by atoms with Crippen LogP contribution in [0.5, 0.6) is 0 Å². The summed E-state index contributed by atoms with van der Waals surface area (Å²) < 4.78 is 9.54. The molecule has 1 unspecified atom stereocenters. The van der Waals surface area contributed by atoms with E-state index >= 15 is 0 Å². The Hall–Kier alpha value is -2.30. The molecule has 1 aromatic carbocycles. The molecule has 94 valence electrons. The van der Waals surface area contributed by atoms with E-state index in [1.54, 1.807) is 7.05 Å². The lowest BCUT2D eigenvalue weighted by Crippen LogP contribution is -2.35. The molecule has 0 aromatic heterocycles. The zero-order valence-corrected chi connectivity index (χ0v) is 10.1. The van der Waals surface area contributed by atoms with Gasteiger partial charge in [0.1, 0.15) is 0 Å². The van der Waals surface area contributed by atoms with Crippen molar-refractivity contribution in [3.8, 4) is 0 Å². The molecular formula is C13H13NO4. The molecule has 1 aliphatic rings. The highest BCUT2D eigenvalue weighted by Crippen LogP contribution is 2.28. The van der Waals surface area contributed by atoms with Crippen LogP contribution in [0.25, 0.3) is 5.57 Å². The average molecular weight is 247 g/mol. The third-order valence-electron chi connectivity index (χ3n) is 2.73. The number of hydrogen-bond acceptors (Lipinski definition) is 4. The van der Waals surface area contributed by atoms with Crippen LogP contribution in [-0.4, -0.2) is 37.3 Å². The third kappa shape index (κ3) is 2.20. The van der Waals surface area contributed by atoms with Crippen molar-refractivity contribution in [2.75, 3.05) is 14.2 Å². The molecule has 1 atom stereocenters. The summed E-state index contributed by atoms with van der Waals surface area (Å²) in [5.74, 6) is -0.206. The molecule has 5 heteroatoms. The van der Waals surface area contributed by atoms with E-state index in [0.717, 1.165) is 5.56 Å². The highest BCUT2D eigenvalue weighted by molar-refractivity contribution is 6.01. The number of methoxy groups -OCH3 is 1. The van der Waals surface area contributed by atoms with Crippen LogP contribution in [0.15, 0.2) is 36.4 Å². The number of benzene rings is 1. The average Bonchev–Trinajstić information content (AvgIpc) is 2.68. The topological polar surface area (TPSA) is 55.8 Å². The van der Waals surface area contributed by atoms with Crippen LogP contribution in [0.1, 0.15) is 5.56 Å². The Labute approximate surface area is 105 Å². The van der Waals surface area contributed by atoms with E-state index in [4.69, 9.17) is 4.74 Å². The van der Waals surface area contributed by atoms with Gasteiger partial charge in [0.2, 0.25) is 12.1 Å². The SMILES string of the molecule is COC(=O)OC1C(c2ccccc2)=CC(=O)N1C. The number of nitrogens with zero attached hydrogens (tertiary/aromatic N) is 1. The fourth-order valence-corrected chi connectivity index (χ4v) is 1.77. The maximum absolute atomic E-state index is 11.7. The number of carbonyl (C=O) groups is 2. The molecule has 1 amide bonds. The summed E-state index contributed by atoms with van der Waals surface area (Å²) in [6.07, 6.45) is -0.0983. The van der Waals surface area contributed by atoms with Crippen LogP contribution in [0, 0.1) is 0 Å². The number of likely N-dealkylation sites (N-methyl/N-ethyl adjacent to an activating group) is 1. The van der Waals surface area contributed by atoms with Gasteiger partial charge >= 0.3 is 6.16 Å². The molecule has 1 aliphatic heterocycles. The Morgan fingerprint density at radius 2 is 1.94 bits per heavy atom. The molecule has 0 fully saturated rings. The van der Waals surface area contributed by atoms with Crippen LogP contribution >= 0.6 is 0 Å². The first-order valence-electron chi connectivity index (χ1n) is 5.42. The number of carbonyl (C=O) groups excluding carboxylic acids is 2. The van der Waals surface area contributed by atoms with E-state index < -0.39 is 12.4 Å². The van der Waals surface area contributed by atoms with Gasteiger partial charge in [0, 0.05) is 18.7 Å². The van der Waals surface area contributed by atoms with Gasteiger partial charge < -0.3 is 14.4 Å². The van der Waals surface area contributed by atoms with Crippen molar-refractivity contribution in [1.82, 2.24) is 4.90 Å². The minimum absolute atomic E-state index is 0.206. The van der Waals surface area contributed by atoms with Gasteiger partial charge in [-0.05, 0) is 5.56 Å². The first kappa shape index (κ1) is 12.2. The molecule has 0 aliphatic carbocycles. The maximum Gasteiger partial charge on any atom is 0.510 e. The summed E-state index contributed by atoms with van der Waals surface area (Å²) in [6, 6.07) is 9.29. The lowest BCUT2D eigenvalue weighted by atomic mass is 10.1. The molecule has 18 heavy (non-hydrogen) atoms. The summed E-state index contributed by atoms with van der Waals surface area (Å²) in [7, 11) is 2.80. The lowest BCUT2D eigenvalue weighted by Gasteiger charge is -2.22. The first-order valence-corrected chi connectivity index (χ1v) is 5.42. The Morgan fingerprint density at radius 1 is 1.28 bits per heavy atom. The molecule has 0 saturated heterocycles. The van der Waals surface area contributed by atoms with E-state index in [1.807, 2.05) is 30.3 Å². The molecule has 0 radical (unpaired) electrons. The summed E-state index contributed by atoms with van der Waals surface area (Å²) in [4.78, 5) is 24.2. The molecular weight excluding hydrogens is 234 g/mol.